The number of amides is 1. The molecular formula is C15H27N5O3S. The van der Waals surface area contributed by atoms with Crippen molar-refractivity contribution in [2.75, 3.05) is 39.0 Å². The third-order valence-electron chi connectivity index (χ3n) is 4.18. The Labute approximate surface area is 143 Å². The van der Waals surface area contributed by atoms with Gasteiger partial charge in [0.15, 0.2) is 0 Å². The third kappa shape index (κ3) is 5.29. The molecule has 1 aromatic heterocycles. The van der Waals surface area contributed by atoms with Crippen molar-refractivity contribution >= 4 is 15.9 Å². The second kappa shape index (κ2) is 8.59. The van der Waals surface area contributed by atoms with Gasteiger partial charge in [-0.1, -0.05) is 6.92 Å². The fourth-order valence-corrected chi connectivity index (χ4v) is 3.76. The van der Waals surface area contributed by atoms with Gasteiger partial charge in [0.25, 0.3) is 5.91 Å². The van der Waals surface area contributed by atoms with Crippen LogP contribution in [0.4, 0.5) is 0 Å². The molecule has 2 rings (SSSR count). The molecule has 0 aliphatic carbocycles. The highest BCUT2D eigenvalue weighted by Crippen LogP contribution is 2.15. The number of hydrogen-bond donors (Lipinski definition) is 2. The average molecular weight is 357 g/mol. The van der Waals surface area contributed by atoms with Crippen molar-refractivity contribution < 1.29 is 13.2 Å². The van der Waals surface area contributed by atoms with Gasteiger partial charge in [-0.05, 0) is 31.9 Å². The first kappa shape index (κ1) is 18.9. The van der Waals surface area contributed by atoms with E-state index in [1.165, 1.54) is 10.6 Å². The summed E-state index contributed by atoms with van der Waals surface area (Å²) in [6.07, 6.45) is 5.78. The van der Waals surface area contributed by atoms with Gasteiger partial charge in [0, 0.05) is 32.4 Å². The molecule has 136 valence electrons. The van der Waals surface area contributed by atoms with Crippen molar-refractivity contribution in [2.45, 2.75) is 32.2 Å². The Morgan fingerprint density at radius 2 is 2.33 bits per heavy atom. The second-order valence-corrected chi connectivity index (χ2v) is 8.03. The molecule has 0 spiro atoms. The molecule has 1 fully saturated rings. The van der Waals surface area contributed by atoms with E-state index in [-0.39, 0.29) is 5.91 Å². The van der Waals surface area contributed by atoms with Gasteiger partial charge in [-0.15, -0.1) is 0 Å². The molecule has 1 aliphatic rings. The summed E-state index contributed by atoms with van der Waals surface area (Å²) in [6, 6.07) is 2.02. The molecule has 9 heteroatoms. The Morgan fingerprint density at radius 1 is 1.54 bits per heavy atom. The minimum absolute atomic E-state index is 0.222. The third-order valence-corrected chi connectivity index (χ3v) is 5.56. The molecule has 1 saturated heterocycles. The zero-order valence-electron chi connectivity index (χ0n) is 14.4. The van der Waals surface area contributed by atoms with Crippen molar-refractivity contribution in [1.82, 2.24) is 24.7 Å². The van der Waals surface area contributed by atoms with Crippen LogP contribution in [0.25, 0.3) is 0 Å². The first-order valence-electron chi connectivity index (χ1n) is 8.41. The minimum atomic E-state index is -3.18. The van der Waals surface area contributed by atoms with Crippen LogP contribution in [0.15, 0.2) is 12.3 Å². The highest BCUT2D eigenvalue weighted by Gasteiger charge is 2.18. The van der Waals surface area contributed by atoms with Crippen LogP contribution in [0.1, 0.15) is 42.7 Å². The molecule has 1 unspecified atom stereocenters. The largest absolute Gasteiger partial charge is 0.351 e. The lowest BCUT2D eigenvalue weighted by molar-refractivity contribution is 0.0946. The second-order valence-electron chi connectivity index (χ2n) is 6.05. The molecule has 0 radical (unpaired) electrons. The molecule has 2 N–H and O–H groups in total. The summed E-state index contributed by atoms with van der Waals surface area (Å²) in [5, 5.41) is 10.5. The lowest BCUT2D eigenvalue weighted by Crippen LogP contribution is -2.34. The van der Waals surface area contributed by atoms with E-state index in [4.69, 9.17) is 0 Å². The summed E-state index contributed by atoms with van der Waals surface area (Å²) in [5.41, 5.74) is 0.399. The number of hydrogen-bond acceptors (Lipinski definition) is 5. The van der Waals surface area contributed by atoms with Gasteiger partial charge in [-0.3, -0.25) is 9.48 Å². The number of carbonyl (C=O) groups is 1. The van der Waals surface area contributed by atoms with Gasteiger partial charge in [0.2, 0.25) is 10.0 Å². The van der Waals surface area contributed by atoms with Crippen LogP contribution >= 0.6 is 0 Å². The van der Waals surface area contributed by atoms with Crippen LogP contribution in [0.3, 0.4) is 0 Å². The van der Waals surface area contributed by atoms with Crippen LogP contribution in [0, 0.1) is 0 Å². The lowest BCUT2D eigenvalue weighted by atomic mass is 10.1. The highest BCUT2D eigenvalue weighted by atomic mass is 32.2. The summed E-state index contributed by atoms with van der Waals surface area (Å²) < 4.78 is 26.2. The number of sulfonamides is 1. The quantitative estimate of drug-likeness (QED) is 0.648. The summed E-state index contributed by atoms with van der Waals surface area (Å²) in [5.74, 6) is -0.222. The first-order valence-corrected chi connectivity index (χ1v) is 10.3. The summed E-state index contributed by atoms with van der Waals surface area (Å²) in [4.78, 5) is 12.1. The molecule has 0 saturated carbocycles. The molecule has 1 atom stereocenters. The summed E-state index contributed by atoms with van der Waals surface area (Å²) in [7, 11) is -3.18. The zero-order chi connectivity index (χ0) is 17.6. The molecule has 1 aliphatic heterocycles. The van der Waals surface area contributed by atoms with Crippen LogP contribution in [-0.4, -0.2) is 67.4 Å². The SMILES string of the molecule is CCN(CCCNC(=O)c1ccn(C2CCCNC2)n1)S(C)(=O)=O. The number of carbonyl (C=O) groups excluding carboxylic acids is 1. The Balaban J connectivity index is 1.77. The van der Waals surface area contributed by atoms with Crippen LogP contribution in [0.5, 0.6) is 0 Å². The van der Waals surface area contributed by atoms with E-state index >= 15 is 0 Å². The monoisotopic (exact) mass is 357 g/mol. The van der Waals surface area contributed by atoms with Crippen molar-refractivity contribution in [3.8, 4) is 0 Å². The first-order chi connectivity index (χ1) is 11.4. The number of piperidine rings is 1. The van der Waals surface area contributed by atoms with E-state index in [0.29, 0.717) is 37.8 Å². The topological polar surface area (TPSA) is 96.3 Å². The number of nitrogens with one attached hydrogen (secondary N) is 2. The fourth-order valence-electron chi connectivity index (χ4n) is 2.83. The Morgan fingerprint density at radius 3 is 2.96 bits per heavy atom. The van der Waals surface area contributed by atoms with Crippen molar-refractivity contribution in [2.24, 2.45) is 0 Å². The van der Waals surface area contributed by atoms with Gasteiger partial charge in [-0.25, -0.2) is 12.7 Å². The Bertz CT molecular complexity index is 637. The fraction of sp³-hybridized carbons (Fsp3) is 0.733. The van der Waals surface area contributed by atoms with E-state index in [0.717, 1.165) is 25.9 Å². The molecule has 1 aromatic rings. The predicted octanol–water partition coefficient (Wildman–Crippen LogP) is 0.209. The summed E-state index contributed by atoms with van der Waals surface area (Å²) >= 11 is 0. The average Bonchev–Trinajstić information content (AvgIpc) is 3.04. The molecule has 1 amide bonds. The Hall–Kier alpha value is -1.45. The number of nitrogens with zero attached hydrogens (tertiary/aromatic N) is 3. The molecular weight excluding hydrogens is 330 g/mol. The maximum Gasteiger partial charge on any atom is 0.271 e. The number of rotatable bonds is 8. The van der Waals surface area contributed by atoms with E-state index in [1.54, 1.807) is 13.0 Å². The van der Waals surface area contributed by atoms with Gasteiger partial charge >= 0.3 is 0 Å². The van der Waals surface area contributed by atoms with Crippen molar-refractivity contribution in [1.29, 1.82) is 0 Å². The Kier molecular flexibility index (Phi) is 6.76. The number of aromatic nitrogens is 2. The maximum atomic E-state index is 12.1. The van der Waals surface area contributed by atoms with Gasteiger partial charge in [0.05, 0.1) is 12.3 Å². The van der Waals surface area contributed by atoms with Gasteiger partial charge in [-0.2, -0.15) is 5.10 Å². The lowest BCUT2D eigenvalue weighted by Gasteiger charge is -2.22. The summed E-state index contributed by atoms with van der Waals surface area (Å²) in [6.45, 7) is 4.97. The molecule has 2 heterocycles. The van der Waals surface area contributed by atoms with Crippen molar-refractivity contribution in [3.63, 3.8) is 0 Å². The standard InChI is InChI=1S/C15H27N5O3S/c1-3-19(24(2,22)23)10-5-9-17-15(21)14-7-11-20(18-14)13-6-4-8-16-12-13/h7,11,13,16H,3-6,8-10,12H2,1-2H3,(H,17,21). The maximum absolute atomic E-state index is 12.1. The van der Waals surface area contributed by atoms with Gasteiger partial charge < -0.3 is 10.6 Å². The van der Waals surface area contributed by atoms with Crippen LogP contribution in [-0.2, 0) is 10.0 Å². The van der Waals surface area contributed by atoms with E-state index in [1.807, 2.05) is 10.9 Å². The van der Waals surface area contributed by atoms with Gasteiger partial charge in [0.1, 0.15) is 5.69 Å². The van der Waals surface area contributed by atoms with Crippen LogP contribution in [0.2, 0.25) is 0 Å². The molecule has 24 heavy (non-hydrogen) atoms. The highest BCUT2D eigenvalue weighted by molar-refractivity contribution is 7.88. The molecule has 0 aromatic carbocycles. The minimum Gasteiger partial charge on any atom is -0.351 e. The van der Waals surface area contributed by atoms with E-state index in [2.05, 4.69) is 15.7 Å². The van der Waals surface area contributed by atoms with Crippen LogP contribution < -0.4 is 10.6 Å². The molecule has 0 bridgehead atoms. The van der Waals surface area contributed by atoms with E-state index in [9.17, 15) is 13.2 Å². The smallest absolute Gasteiger partial charge is 0.271 e. The van der Waals surface area contributed by atoms with Crippen molar-refractivity contribution in [3.05, 3.63) is 18.0 Å². The molecule has 8 nitrogen and oxygen atoms in total. The zero-order valence-corrected chi connectivity index (χ0v) is 15.2. The van der Waals surface area contributed by atoms with E-state index < -0.39 is 10.0 Å². The predicted molar refractivity (Wildman–Crippen MR) is 92.4 cm³/mol. The normalized spacial score (nSPS) is 18.7.